The van der Waals surface area contributed by atoms with Crippen molar-refractivity contribution in [1.29, 1.82) is 0 Å². The highest BCUT2D eigenvalue weighted by atomic mass is 16.5. The topological polar surface area (TPSA) is 65.1 Å². The van der Waals surface area contributed by atoms with Crippen LogP contribution in [0.15, 0.2) is 24.3 Å². The van der Waals surface area contributed by atoms with E-state index in [1.165, 1.54) is 18.4 Å². The Morgan fingerprint density at radius 3 is 2.23 bits per heavy atom. The monoisotopic (exact) mass is 430 g/mol. The van der Waals surface area contributed by atoms with Gasteiger partial charge in [0.15, 0.2) is 0 Å². The van der Waals surface area contributed by atoms with Gasteiger partial charge in [0.1, 0.15) is 5.75 Å². The van der Waals surface area contributed by atoms with Crippen LogP contribution in [-0.4, -0.2) is 92.0 Å². The van der Waals surface area contributed by atoms with Crippen LogP contribution in [0.5, 0.6) is 5.75 Å². The summed E-state index contributed by atoms with van der Waals surface area (Å²) in [5.74, 6) is 1.18. The summed E-state index contributed by atoms with van der Waals surface area (Å²) in [6, 6.07) is 7.79. The number of hydrogen-bond donors (Lipinski definition) is 1. The molecule has 0 saturated carbocycles. The third kappa shape index (κ3) is 7.21. The zero-order valence-electron chi connectivity index (χ0n) is 19.1. The number of rotatable bonds is 8. The van der Waals surface area contributed by atoms with Gasteiger partial charge < -0.3 is 15.0 Å². The number of methoxy groups -OCH3 is 1. The molecule has 0 spiro atoms. The first-order valence-electron chi connectivity index (χ1n) is 11.7. The highest BCUT2D eigenvalue weighted by Crippen LogP contribution is 2.13. The van der Waals surface area contributed by atoms with Gasteiger partial charge >= 0.3 is 0 Å². The van der Waals surface area contributed by atoms with E-state index in [1.807, 2.05) is 36.1 Å². The summed E-state index contributed by atoms with van der Waals surface area (Å²) in [5.41, 5.74) is 1.18. The first kappa shape index (κ1) is 23.5. The second kappa shape index (κ2) is 12.1. The van der Waals surface area contributed by atoms with E-state index in [4.69, 9.17) is 4.74 Å². The van der Waals surface area contributed by atoms with Crippen LogP contribution in [0, 0.1) is 0 Å². The van der Waals surface area contributed by atoms with E-state index in [-0.39, 0.29) is 17.9 Å². The highest BCUT2D eigenvalue weighted by Gasteiger charge is 2.27. The number of carbonyl (C=O) groups is 2. The maximum absolute atomic E-state index is 12.6. The van der Waals surface area contributed by atoms with Crippen LogP contribution in [0.2, 0.25) is 0 Å². The Labute approximate surface area is 186 Å². The summed E-state index contributed by atoms with van der Waals surface area (Å²) < 4.78 is 5.18. The molecule has 0 aromatic heterocycles. The normalized spacial score (nSPS) is 19.5. The number of nitrogens with one attached hydrogen (secondary N) is 1. The maximum Gasteiger partial charge on any atom is 0.237 e. The van der Waals surface area contributed by atoms with Gasteiger partial charge in [-0.2, -0.15) is 0 Å². The molecular weight excluding hydrogens is 392 g/mol. The zero-order valence-corrected chi connectivity index (χ0v) is 19.1. The fraction of sp³-hybridized carbons (Fsp3) is 0.667. The van der Waals surface area contributed by atoms with Gasteiger partial charge in [-0.05, 0) is 43.9 Å². The predicted octanol–water partition coefficient (Wildman–Crippen LogP) is 1.76. The van der Waals surface area contributed by atoms with Gasteiger partial charge in [0.25, 0.3) is 0 Å². The van der Waals surface area contributed by atoms with Crippen LogP contribution >= 0.6 is 0 Å². The SMILES string of the molecule is COc1ccc(CCNC(=O)C(C)N2CCN(CC(=O)N3CCCCCC3)CC2)cc1. The minimum absolute atomic E-state index is 0.0719. The van der Waals surface area contributed by atoms with E-state index >= 15 is 0 Å². The van der Waals surface area contributed by atoms with Gasteiger partial charge in [0, 0.05) is 45.8 Å². The van der Waals surface area contributed by atoms with Crippen LogP contribution < -0.4 is 10.1 Å². The van der Waals surface area contributed by atoms with Crippen molar-refractivity contribution < 1.29 is 14.3 Å². The Morgan fingerprint density at radius 2 is 1.61 bits per heavy atom. The minimum Gasteiger partial charge on any atom is -0.497 e. The second-order valence-electron chi connectivity index (χ2n) is 8.67. The molecule has 1 aromatic carbocycles. The van der Waals surface area contributed by atoms with Gasteiger partial charge in [-0.25, -0.2) is 0 Å². The molecule has 3 rings (SSSR count). The quantitative estimate of drug-likeness (QED) is 0.681. The zero-order chi connectivity index (χ0) is 22.1. The lowest BCUT2D eigenvalue weighted by atomic mass is 10.1. The van der Waals surface area contributed by atoms with Crippen LogP contribution in [0.3, 0.4) is 0 Å². The van der Waals surface area contributed by atoms with Crippen molar-refractivity contribution >= 4 is 11.8 Å². The van der Waals surface area contributed by atoms with Crippen molar-refractivity contribution in [2.45, 2.75) is 45.1 Å². The van der Waals surface area contributed by atoms with Gasteiger partial charge in [-0.3, -0.25) is 19.4 Å². The first-order valence-corrected chi connectivity index (χ1v) is 11.7. The Morgan fingerprint density at radius 1 is 0.968 bits per heavy atom. The summed E-state index contributed by atoms with van der Waals surface area (Å²) in [7, 11) is 1.66. The Hall–Kier alpha value is -2.12. The summed E-state index contributed by atoms with van der Waals surface area (Å²) in [4.78, 5) is 31.7. The van der Waals surface area contributed by atoms with E-state index in [0.29, 0.717) is 13.1 Å². The lowest BCUT2D eigenvalue weighted by Crippen LogP contribution is -2.55. The minimum atomic E-state index is -0.153. The molecule has 2 fully saturated rings. The maximum atomic E-state index is 12.6. The molecular formula is C24H38N4O3. The average Bonchev–Trinajstić information content (AvgIpc) is 3.09. The van der Waals surface area contributed by atoms with Gasteiger partial charge in [-0.1, -0.05) is 25.0 Å². The highest BCUT2D eigenvalue weighted by molar-refractivity contribution is 5.81. The predicted molar refractivity (Wildman–Crippen MR) is 122 cm³/mol. The molecule has 7 heteroatoms. The second-order valence-corrected chi connectivity index (χ2v) is 8.67. The molecule has 0 aliphatic carbocycles. The lowest BCUT2D eigenvalue weighted by Gasteiger charge is -2.37. The standard InChI is InChI=1S/C24H38N4O3/c1-20(24(30)25-12-11-21-7-9-22(31-2)10-8-21)27-17-15-26(16-18-27)19-23(29)28-13-5-3-4-6-14-28/h7-10,20H,3-6,11-19H2,1-2H3,(H,25,30). The number of amides is 2. The smallest absolute Gasteiger partial charge is 0.237 e. The van der Waals surface area contributed by atoms with Gasteiger partial charge in [0.2, 0.25) is 11.8 Å². The molecule has 2 aliphatic rings. The first-order chi connectivity index (χ1) is 15.1. The molecule has 2 aliphatic heterocycles. The molecule has 0 bridgehead atoms. The lowest BCUT2D eigenvalue weighted by molar-refractivity contribution is -0.133. The average molecular weight is 431 g/mol. The number of ether oxygens (including phenoxy) is 1. The summed E-state index contributed by atoms with van der Waals surface area (Å²) in [5, 5.41) is 3.06. The number of carbonyl (C=O) groups excluding carboxylic acids is 2. The van der Waals surface area contributed by atoms with E-state index in [0.717, 1.165) is 64.3 Å². The molecule has 1 atom stereocenters. The largest absolute Gasteiger partial charge is 0.497 e. The van der Waals surface area contributed by atoms with E-state index in [9.17, 15) is 9.59 Å². The van der Waals surface area contributed by atoms with Crippen LogP contribution in [0.4, 0.5) is 0 Å². The van der Waals surface area contributed by atoms with Crippen molar-refractivity contribution in [3.63, 3.8) is 0 Å². The fourth-order valence-electron chi connectivity index (χ4n) is 4.36. The van der Waals surface area contributed by atoms with Crippen LogP contribution in [0.25, 0.3) is 0 Å². The summed E-state index contributed by atoms with van der Waals surface area (Å²) in [6.45, 7) is 8.24. The molecule has 7 nitrogen and oxygen atoms in total. The summed E-state index contributed by atoms with van der Waals surface area (Å²) >= 11 is 0. The molecule has 31 heavy (non-hydrogen) atoms. The van der Waals surface area contributed by atoms with Gasteiger partial charge in [-0.15, -0.1) is 0 Å². The van der Waals surface area contributed by atoms with E-state index < -0.39 is 0 Å². The molecule has 2 amide bonds. The van der Waals surface area contributed by atoms with Crippen LogP contribution in [0.1, 0.15) is 38.2 Å². The van der Waals surface area contributed by atoms with E-state index in [2.05, 4.69) is 15.1 Å². The number of piperazine rings is 1. The Kier molecular flexibility index (Phi) is 9.15. The number of benzene rings is 1. The molecule has 0 radical (unpaired) electrons. The van der Waals surface area contributed by atoms with Crippen molar-refractivity contribution in [2.75, 3.05) is 59.5 Å². The van der Waals surface area contributed by atoms with Crippen molar-refractivity contribution in [3.05, 3.63) is 29.8 Å². The van der Waals surface area contributed by atoms with E-state index in [1.54, 1.807) is 7.11 Å². The summed E-state index contributed by atoms with van der Waals surface area (Å²) in [6.07, 6.45) is 5.54. The number of likely N-dealkylation sites (tertiary alicyclic amines) is 1. The molecule has 1 aromatic rings. The molecule has 2 heterocycles. The fourth-order valence-corrected chi connectivity index (χ4v) is 4.36. The van der Waals surface area contributed by atoms with Crippen molar-refractivity contribution in [1.82, 2.24) is 20.0 Å². The number of hydrogen-bond acceptors (Lipinski definition) is 5. The third-order valence-electron chi connectivity index (χ3n) is 6.52. The molecule has 1 unspecified atom stereocenters. The number of nitrogens with zero attached hydrogens (tertiary/aromatic N) is 3. The molecule has 2 saturated heterocycles. The van der Waals surface area contributed by atoms with Crippen molar-refractivity contribution in [2.24, 2.45) is 0 Å². The Bertz CT molecular complexity index is 693. The van der Waals surface area contributed by atoms with Gasteiger partial charge in [0.05, 0.1) is 19.7 Å². The Balaban J connectivity index is 1.35. The van der Waals surface area contributed by atoms with Crippen molar-refractivity contribution in [3.8, 4) is 5.75 Å². The van der Waals surface area contributed by atoms with Crippen LogP contribution in [-0.2, 0) is 16.0 Å². The molecule has 172 valence electrons. The molecule has 1 N–H and O–H groups in total. The third-order valence-corrected chi connectivity index (χ3v) is 6.52.